The predicted molar refractivity (Wildman–Crippen MR) is 65.4 cm³/mol. The van der Waals surface area contributed by atoms with E-state index in [9.17, 15) is 8.42 Å². The van der Waals surface area contributed by atoms with Crippen molar-refractivity contribution in [3.05, 3.63) is 37.1 Å². The number of allylic oxidation sites excluding steroid dienone is 3. The SMILES string of the molecule is C=C/C=C(\C=C)N(C)CCS(=O)(=O)CC. The second-order valence-electron chi connectivity index (χ2n) is 3.19. The Labute approximate surface area is 92.7 Å². The molecular formula is C11H19NO2S. The first kappa shape index (κ1) is 14.0. The van der Waals surface area contributed by atoms with E-state index < -0.39 is 9.84 Å². The van der Waals surface area contributed by atoms with Gasteiger partial charge in [0.25, 0.3) is 0 Å². The maximum atomic E-state index is 11.3. The van der Waals surface area contributed by atoms with Gasteiger partial charge in [0.15, 0.2) is 9.84 Å². The van der Waals surface area contributed by atoms with Gasteiger partial charge in [-0.25, -0.2) is 8.42 Å². The average molecular weight is 229 g/mol. The number of rotatable bonds is 7. The molecule has 0 bridgehead atoms. The molecule has 0 aliphatic heterocycles. The van der Waals surface area contributed by atoms with Gasteiger partial charge in [-0.1, -0.05) is 26.2 Å². The van der Waals surface area contributed by atoms with Gasteiger partial charge in [0.2, 0.25) is 0 Å². The fourth-order valence-corrected chi connectivity index (χ4v) is 1.86. The third-order valence-corrected chi connectivity index (χ3v) is 3.80. The van der Waals surface area contributed by atoms with E-state index in [-0.39, 0.29) is 11.5 Å². The molecule has 0 unspecified atom stereocenters. The quantitative estimate of drug-likeness (QED) is 0.622. The molecule has 0 amide bonds. The summed E-state index contributed by atoms with van der Waals surface area (Å²) in [7, 11) is -1.06. The van der Waals surface area contributed by atoms with Crippen LogP contribution >= 0.6 is 0 Å². The first-order valence-corrected chi connectivity index (χ1v) is 6.65. The van der Waals surface area contributed by atoms with Crippen LogP contribution in [0.2, 0.25) is 0 Å². The predicted octanol–water partition coefficient (Wildman–Crippen LogP) is 1.61. The second kappa shape index (κ2) is 6.45. The molecule has 86 valence electrons. The van der Waals surface area contributed by atoms with Crippen LogP contribution in [-0.4, -0.2) is 38.4 Å². The Kier molecular flexibility index (Phi) is 6.01. The molecule has 0 atom stereocenters. The fourth-order valence-electron chi connectivity index (χ4n) is 1.02. The lowest BCUT2D eigenvalue weighted by atomic mass is 10.3. The molecule has 0 aliphatic rings. The van der Waals surface area contributed by atoms with Gasteiger partial charge in [-0.3, -0.25) is 0 Å². The minimum Gasteiger partial charge on any atom is -0.374 e. The van der Waals surface area contributed by atoms with Crippen LogP contribution < -0.4 is 0 Å². The van der Waals surface area contributed by atoms with Crippen LogP contribution in [0.3, 0.4) is 0 Å². The Morgan fingerprint density at radius 3 is 2.40 bits per heavy atom. The molecule has 0 spiro atoms. The van der Waals surface area contributed by atoms with Gasteiger partial charge in [0.05, 0.1) is 5.75 Å². The lowest BCUT2D eigenvalue weighted by Crippen LogP contribution is -2.25. The molecule has 0 aliphatic carbocycles. The van der Waals surface area contributed by atoms with Crippen molar-refractivity contribution in [3.63, 3.8) is 0 Å². The largest absolute Gasteiger partial charge is 0.374 e. The van der Waals surface area contributed by atoms with Crippen molar-refractivity contribution in [2.45, 2.75) is 6.92 Å². The van der Waals surface area contributed by atoms with E-state index in [4.69, 9.17) is 0 Å². The Morgan fingerprint density at radius 1 is 1.40 bits per heavy atom. The highest BCUT2D eigenvalue weighted by molar-refractivity contribution is 7.91. The molecule has 0 saturated heterocycles. The molecule has 0 radical (unpaired) electrons. The van der Waals surface area contributed by atoms with Gasteiger partial charge in [0.1, 0.15) is 0 Å². The van der Waals surface area contributed by atoms with Gasteiger partial charge in [-0.05, 0) is 12.2 Å². The summed E-state index contributed by atoms with van der Waals surface area (Å²) >= 11 is 0. The van der Waals surface area contributed by atoms with Crippen LogP contribution in [0.5, 0.6) is 0 Å². The molecular weight excluding hydrogens is 210 g/mol. The average Bonchev–Trinajstić information content (AvgIpc) is 2.22. The van der Waals surface area contributed by atoms with E-state index >= 15 is 0 Å². The van der Waals surface area contributed by atoms with Crippen LogP contribution in [0.4, 0.5) is 0 Å². The zero-order valence-corrected chi connectivity index (χ0v) is 10.3. The van der Waals surface area contributed by atoms with Crippen molar-refractivity contribution in [2.75, 3.05) is 25.1 Å². The molecule has 4 heteroatoms. The fraction of sp³-hybridized carbons (Fsp3) is 0.455. The zero-order chi connectivity index (χ0) is 11.9. The lowest BCUT2D eigenvalue weighted by Gasteiger charge is -2.19. The van der Waals surface area contributed by atoms with Gasteiger partial charge in [-0.2, -0.15) is 0 Å². The summed E-state index contributed by atoms with van der Waals surface area (Å²) in [6.45, 7) is 9.38. The summed E-state index contributed by atoms with van der Waals surface area (Å²) in [5, 5.41) is 0. The Morgan fingerprint density at radius 2 is 2.00 bits per heavy atom. The Hall–Kier alpha value is -1.03. The summed E-state index contributed by atoms with van der Waals surface area (Å²) in [5.74, 6) is 0.359. The maximum Gasteiger partial charge on any atom is 0.151 e. The van der Waals surface area contributed by atoms with Gasteiger partial charge < -0.3 is 4.90 Å². The van der Waals surface area contributed by atoms with Gasteiger partial charge >= 0.3 is 0 Å². The molecule has 0 heterocycles. The standard InChI is InChI=1S/C11H19NO2S/c1-5-8-11(6-2)12(4)9-10-15(13,14)7-3/h5-6,8H,1-2,7,9-10H2,3-4H3/b11-8+. The smallest absolute Gasteiger partial charge is 0.151 e. The third-order valence-electron chi connectivity index (χ3n) is 2.12. The van der Waals surface area contributed by atoms with Gasteiger partial charge in [0, 0.05) is 25.0 Å². The summed E-state index contributed by atoms with van der Waals surface area (Å²) in [6, 6.07) is 0. The lowest BCUT2D eigenvalue weighted by molar-refractivity contribution is 0.454. The molecule has 0 rings (SSSR count). The van der Waals surface area contributed by atoms with Crippen LogP contribution in [0.15, 0.2) is 37.1 Å². The summed E-state index contributed by atoms with van der Waals surface area (Å²) in [4.78, 5) is 1.85. The van der Waals surface area contributed by atoms with E-state index in [0.29, 0.717) is 6.54 Å². The van der Waals surface area contributed by atoms with Crippen molar-refractivity contribution in [3.8, 4) is 0 Å². The summed E-state index contributed by atoms with van der Waals surface area (Å²) in [5.41, 5.74) is 0.872. The molecule has 0 aromatic carbocycles. The highest BCUT2D eigenvalue weighted by Gasteiger charge is 2.09. The van der Waals surface area contributed by atoms with Crippen molar-refractivity contribution in [2.24, 2.45) is 0 Å². The molecule has 0 aromatic rings. The van der Waals surface area contributed by atoms with Crippen LogP contribution in [0.1, 0.15) is 6.92 Å². The van der Waals surface area contributed by atoms with E-state index in [1.54, 1.807) is 25.2 Å². The number of hydrogen-bond acceptors (Lipinski definition) is 3. The van der Waals surface area contributed by atoms with Gasteiger partial charge in [-0.15, -0.1) is 0 Å². The van der Waals surface area contributed by atoms with Crippen molar-refractivity contribution in [1.82, 2.24) is 4.90 Å². The zero-order valence-electron chi connectivity index (χ0n) is 9.44. The second-order valence-corrected chi connectivity index (χ2v) is 5.66. The van der Waals surface area contributed by atoms with Crippen molar-refractivity contribution >= 4 is 9.84 Å². The molecule has 0 N–H and O–H groups in total. The van der Waals surface area contributed by atoms with Crippen LogP contribution in [0.25, 0.3) is 0 Å². The number of hydrogen-bond donors (Lipinski definition) is 0. The molecule has 0 fully saturated rings. The van der Waals surface area contributed by atoms with Crippen molar-refractivity contribution < 1.29 is 8.42 Å². The Bertz CT molecular complexity index is 342. The molecule has 0 saturated carbocycles. The topological polar surface area (TPSA) is 37.4 Å². The normalized spacial score (nSPS) is 12.3. The monoisotopic (exact) mass is 229 g/mol. The highest BCUT2D eigenvalue weighted by Crippen LogP contribution is 2.03. The molecule has 3 nitrogen and oxygen atoms in total. The minimum absolute atomic E-state index is 0.169. The number of sulfone groups is 1. The molecule has 0 aromatic heterocycles. The van der Waals surface area contributed by atoms with Crippen LogP contribution in [-0.2, 0) is 9.84 Å². The minimum atomic E-state index is -2.90. The highest BCUT2D eigenvalue weighted by atomic mass is 32.2. The number of likely N-dealkylation sites (N-methyl/N-ethyl adjacent to an activating group) is 1. The summed E-state index contributed by atoms with van der Waals surface area (Å²) in [6.07, 6.45) is 5.13. The number of nitrogens with zero attached hydrogens (tertiary/aromatic N) is 1. The van der Waals surface area contributed by atoms with Crippen LogP contribution in [0, 0.1) is 0 Å². The van der Waals surface area contributed by atoms with E-state index in [1.807, 2.05) is 11.9 Å². The first-order chi connectivity index (χ1) is 6.96. The van der Waals surface area contributed by atoms with E-state index in [2.05, 4.69) is 13.2 Å². The maximum absolute atomic E-state index is 11.3. The van der Waals surface area contributed by atoms with E-state index in [0.717, 1.165) is 5.70 Å². The molecule has 15 heavy (non-hydrogen) atoms. The summed E-state index contributed by atoms with van der Waals surface area (Å²) < 4.78 is 22.6. The Balaban J connectivity index is 4.37. The van der Waals surface area contributed by atoms with E-state index in [1.165, 1.54) is 0 Å². The third kappa shape index (κ3) is 5.42. The van der Waals surface area contributed by atoms with Crippen molar-refractivity contribution in [1.29, 1.82) is 0 Å². The first-order valence-electron chi connectivity index (χ1n) is 4.83.